The average Bonchev–Trinajstić information content (AvgIpc) is 3.01. The molecule has 1 aromatic heterocycles. The van der Waals surface area contributed by atoms with Crippen molar-refractivity contribution in [2.24, 2.45) is 0 Å². The van der Waals surface area contributed by atoms with Crippen LogP contribution >= 0.6 is 11.3 Å². The first-order chi connectivity index (χ1) is 10.0. The van der Waals surface area contributed by atoms with Crippen molar-refractivity contribution < 1.29 is 14.3 Å². The molecular formula is C15H23FN2O2S. The van der Waals surface area contributed by atoms with Crippen molar-refractivity contribution in [2.75, 3.05) is 20.1 Å². The lowest BCUT2D eigenvalue weighted by Crippen LogP contribution is -2.45. The van der Waals surface area contributed by atoms with Gasteiger partial charge in [0, 0.05) is 30.6 Å². The van der Waals surface area contributed by atoms with Crippen LogP contribution in [0, 0.1) is 0 Å². The summed E-state index contributed by atoms with van der Waals surface area (Å²) in [5.74, 6) is -0.806. The van der Waals surface area contributed by atoms with Crippen LogP contribution in [0.25, 0.3) is 0 Å². The number of likely N-dealkylation sites (tertiary alicyclic amines) is 1. The monoisotopic (exact) mass is 314 g/mol. The number of thiophene rings is 1. The first-order valence-electron chi connectivity index (χ1n) is 7.34. The molecule has 1 saturated heterocycles. The topological polar surface area (TPSA) is 43.8 Å². The average molecular weight is 314 g/mol. The molecule has 0 saturated carbocycles. The van der Waals surface area contributed by atoms with Gasteiger partial charge >= 0.3 is 5.97 Å². The molecule has 4 nitrogen and oxygen atoms in total. The van der Waals surface area contributed by atoms with Crippen LogP contribution in [0.1, 0.15) is 24.6 Å². The third-order valence-corrected chi connectivity index (χ3v) is 4.98. The smallest absolute Gasteiger partial charge is 0.320 e. The van der Waals surface area contributed by atoms with Gasteiger partial charge in [-0.25, -0.2) is 4.39 Å². The van der Waals surface area contributed by atoms with E-state index in [9.17, 15) is 14.3 Å². The number of hydrogen-bond donors (Lipinski definition) is 1. The minimum Gasteiger partial charge on any atom is -0.480 e. The summed E-state index contributed by atoms with van der Waals surface area (Å²) in [6.45, 7) is 3.66. The van der Waals surface area contributed by atoms with E-state index < -0.39 is 18.2 Å². The molecule has 0 aromatic carbocycles. The van der Waals surface area contributed by atoms with Gasteiger partial charge in [-0.15, -0.1) is 11.3 Å². The first-order valence-corrected chi connectivity index (χ1v) is 8.22. The van der Waals surface area contributed by atoms with Gasteiger partial charge in [-0.3, -0.25) is 14.6 Å². The van der Waals surface area contributed by atoms with Crippen molar-refractivity contribution >= 4 is 17.3 Å². The van der Waals surface area contributed by atoms with Gasteiger partial charge in [0.25, 0.3) is 0 Å². The van der Waals surface area contributed by atoms with Crippen LogP contribution in [0.3, 0.4) is 0 Å². The quantitative estimate of drug-likeness (QED) is 0.839. The van der Waals surface area contributed by atoms with Crippen molar-refractivity contribution in [3.05, 3.63) is 22.4 Å². The second-order valence-corrected chi connectivity index (χ2v) is 6.73. The van der Waals surface area contributed by atoms with Crippen LogP contribution in [0.2, 0.25) is 0 Å². The Bertz CT molecular complexity index is 455. The predicted molar refractivity (Wildman–Crippen MR) is 82.4 cm³/mol. The van der Waals surface area contributed by atoms with E-state index in [1.54, 1.807) is 11.3 Å². The van der Waals surface area contributed by atoms with Gasteiger partial charge in [-0.05, 0) is 31.3 Å². The van der Waals surface area contributed by atoms with E-state index >= 15 is 0 Å². The minimum atomic E-state index is -0.812. The van der Waals surface area contributed by atoms with Gasteiger partial charge in [-0.1, -0.05) is 13.0 Å². The Morgan fingerprint density at radius 3 is 3.00 bits per heavy atom. The van der Waals surface area contributed by atoms with Gasteiger partial charge in [-0.2, -0.15) is 0 Å². The molecule has 0 amide bonds. The largest absolute Gasteiger partial charge is 0.480 e. The van der Waals surface area contributed by atoms with Crippen molar-refractivity contribution in [3.63, 3.8) is 0 Å². The summed E-state index contributed by atoms with van der Waals surface area (Å²) in [5.41, 5.74) is 0. The molecule has 2 heterocycles. The molecule has 1 N–H and O–H groups in total. The summed E-state index contributed by atoms with van der Waals surface area (Å²) in [5, 5.41) is 11.2. The standard InChI is InChI=1S/C15H23FN2O2S/c1-3-14(15(19)20)17(2)9-12-7-11(16)8-18(12)10-13-5-4-6-21-13/h4-6,11-12,14H,3,7-10H2,1-2H3,(H,19,20)/t11-,12-,14?/m0/s1. The fourth-order valence-electron chi connectivity index (χ4n) is 3.04. The molecule has 1 aliphatic rings. The maximum absolute atomic E-state index is 13.8. The SMILES string of the molecule is CCC(C(=O)O)N(C)C[C@@H]1C[C@H](F)CN1Cc1cccs1. The van der Waals surface area contributed by atoms with E-state index in [1.807, 2.05) is 30.3 Å². The highest BCUT2D eigenvalue weighted by Gasteiger charge is 2.34. The van der Waals surface area contributed by atoms with E-state index in [4.69, 9.17) is 0 Å². The molecule has 21 heavy (non-hydrogen) atoms. The molecule has 0 bridgehead atoms. The highest BCUT2D eigenvalue weighted by atomic mass is 32.1. The molecule has 118 valence electrons. The molecule has 3 atom stereocenters. The lowest BCUT2D eigenvalue weighted by Gasteiger charge is -2.30. The predicted octanol–water partition coefficient (Wildman–Crippen LogP) is 2.46. The van der Waals surface area contributed by atoms with Crippen LogP contribution in [0.15, 0.2) is 17.5 Å². The van der Waals surface area contributed by atoms with E-state index in [2.05, 4.69) is 11.0 Å². The Morgan fingerprint density at radius 2 is 2.43 bits per heavy atom. The summed E-state index contributed by atoms with van der Waals surface area (Å²) >= 11 is 1.68. The van der Waals surface area contributed by atoms with Gasteiger partial charge < -0.3 is 5.11 Å². The molecule has 0 radical (unpaired) electrons. The number of likely N-dealkylation sites (N-methyl/N-ethyl adjacent to an activating group) is 1. The Kier molecular flexibility index (Phi) is 5.72. The van der Waals surface area contributed by atoms with Crippen LogP contribution in [-0.2, 0) is 11.3 Å². The maximum Gasteiger partial charge on any atom is 0.320 e. The van der Waals surface area contributed by atoms with Gasteiger partial charge in [0.2, 0.25) is 0 Å². The zero-order valence-electron chi connectivity index (χ0n) is 12.5. The summed E-state index contributed by atoms with van der Waals surface area (Å²) < 4.78 is 13.8. The van der Waals surface area contributed by atoms with Crippen molar-refractivity contribution in [1.82, 2.24) is 9.80 Å². The number of hydrogen-bond acceptors (Lipinski definition) is 4. The summed E-state index contributed by atoms with van der Waals surface area (Å²) in [7, 11) is 1.82. The fourth-order valence-corrected chi connectivity index (χ4v) is 3.77. The Hall–Kier alpha value is -0.980. The zero-order valence-corrected chi connectivity index (χ0v) is 13.4. The lowest BCUT2D eigenvalue weighted by atomic mass is 10.1. The van der Waals surface area contributed by atoms with Gasteiger partial charge in [0.15, 0.2) is 0 Å². The van der Waals surface area contributed by atoms with Gasteiger partial charge in [0.1, 0.15) is 12.2 Å². The molecule has 0 spiro atoms. The number of carboxylic acids is 1. The molecule has 2 rings (SSSR count). The van der Waals surface area contributed by atoms with E-state index in [1.165, 1.54) is 4.88 Å². The number of nitrogens with zero attached hydrogens (tertiary/aromatic N) is 2. The summed E-state index contributed by atoms with van der Waals surface area (Å²) in [6.07, 6.45) is 0.238. The molecule has 1 fully saturated rings. The van der Waals surface area contributed by atoms with E-state index in [0.29, 0.717) is 25.9 Å². The second-order valence-electron chi connectivity index (χ2n) is 5.70. The molecular weight excluding hydrogens is 291 g/mol. The van der Waals surface area contributed by atoms with Crippen LogP contribution in [0.4, 0.5) is 4.39 Å². The second kappa shape index (κ2) is 7.33. The van der Waals surface area contributed by atoms with Crippen LogP contribution < -0.4 is 0 Å². The molecule has 6 heteroatoms. The number of rotatable bonds is 7. The number of alkyl halides is 1. The summed E-state index contributed by atoms with van der Waals surface area (Å²) in [4.78, 5) is 16.4. The third kappa shape index (κ3) is 4.25. The van der Waals surface area contributed by atoms with Crippen LogP contribution in [-0.4, -0.2) is 59.3 Å². The minimum absolute atomic E-state index is 0.0838. The Labute approximate surface area is 129 Å². The lowest BCUT2D eigenvalue weighted by molar-refractivity contribution is -0.143. The molecule has 1 aliphatic heterocycles. The van der Waals surface area contributed by atoms with Crippen molar-refractivity contribution in [1.29, 1.82) is 0 Å². The fraction of sp³-hybridized carbons (Fsp3) is 0.667. The number of halogens is 1. The van der Waals surface area contributed by atoms with Crippen LogP contribution in [0.5, 0.6) is 0 Å². The summed E-state index contributed by atoms with van der Waals surface area (Å²) in [6, 6.07) is 3.65. The Balaban J connectivity index is 1.97. The molecule has 1 unspecified atom stereocenters. The number of aliphatic carboxylic acids is 1. The molecule has 0 aliphatic carbocycles. The number of carboxylic acid groups (broad SMARTS) is 1. The molecule has 1 aromatic rings. The Morgan fingerprint density at radius 1 is 1.67 bits per heavy atom. The maximum atomic E-state index is 13.8. The van der Waals surface area contributed by atoms with Crippen molar-refractivity contribution in [2.45, 2.75) is 44.6 Å². The first kappa shape index (κ1) is 16.4. The van der Waals surface area contributed by atoms with Crippen molar-refractivity contribution in [3.8, 4) is 0 Å². The van der Waals surface area contributed by atoms with E-state index in [-0.39, 0.29) is 6.04 Å². The zero-order chi connectivity index (χ0) is 15.4. The van der Waals surface area contributed by atoms with E-state index in [0.717, 1.165) is 6.54 Å². The normalized spacial score (nSPS) is 24.6. The van der Waals surface area contributed by atoms with Gasteiger partial charge in [0.05, 0.1) is 0 Å². The highest BCUT2D eigenvalue weighted by Crippen LogP contribution is 2.25. The third-order valence-electron chi connectivity index (χ3n) is 4.12. The highest BCUT2D eigenvalue weighted by molar-refractivity contribution is 7.09. The number of carbonyl (C=O) groups is 1.